The van der Waals surface area contributed by atoms with E-state index in [1.54, 1.807) is 6.07 Å². The van der Waals surface area contributed by atoms with E-state index >= 15 is 0 Å². The van der Waals surface area contributed by atoms with E-state index in [4.69, 9.17) is 0 Å². The molecule has 3 atom stereocenters. The van der Waals surface area contributed by atoms with Gasteiger partial charge in [-0.15, -0.1) is 0 Å². The molecule has 0 aliphatic heterocycles. The third kappa shape index (κ3) is 2.93. The molecular formula is C16H21BrN2O2. The molecule has 1 aromatic rings. The molecule has 2 saturated carbocycles. The quantitative estimate of drug-likeness (QED) is 0.449. The van der Waals surface area contributed by atoms with E-state index in [0.29, 0.717) is 5.33 Å². The lowest BCUT2D eigenvalue weighted by atomic mass is 9.88. The van der Waals surface area contributed by atoms with Gasteiger partial charge in [0.15, 0.2) is 0 Å². The summed E-state index contributed by atoms with van der Waals surface area (Å²) in [5.41, 5.74) is 2.03. The first-order valence-electron chi connectivity index (χ1n) is 7.63. The SMILES string of the molecule is CN(CC1CC2CCC1C2)c1ccc([N+](=O)[O-])c(CBr)c1. The van der Waals surface area contributed by atoms with Gasteiger partial charge in [-0.05, 0) is 49.1 Å². The normalized spacial score (nSPS) is 27.0. The predicted molar refractivity (Wildman–Crippen MR) is 87.9 cm³/mol. The van der Waals surface area contributed by atoms with E-state index in [-0.39, 0.29) is 10.6 Å². The van der Waals surface area contributed by atoms with E-state index in [9.17, 15) is 10.1 Å². The number of nitro benzene ring substituents is 1. The molecule has 0 amide bonds. The van der Waals surface area contributed by atoms with Crippen molar-refractivity contribution in [1.82, 2.24) is 0 Å². The Morgan fingerprint density at radius 2 is 2.19 bits per heavy atom. The lowest BCUT2D eigenvalue weighted by molar-refractivity contribution is -0.385. The van der Waals surface area contributed by atoms with E-state index < -0.39 is 0 Å². The molecule has 0 N–H and O–H groups in total. The Hall–Kier alpha value is -1.10. The standard InChI is InChI=1S/C16H21BrN2O2/c1-18(10-14-7-11-2-3-12(14)6-11)15-4-5-16(19(20)21)13(8-15)9-17/h4-5,8,11-12,14H,2-3,6-7,9-10H2,1H3. The zero-order valence-corrected chi connectivity index (χ0v) is 13.9. The Balaban J connectivity index is 1.72. The number of benzene rings is 1. The summed E-state index contributed by atoms with van der Waals surface area (Å²) in [6.07, 6.45) is 5.62. The zero-order valence-electron chi connectivity index (χ0n) is 12.3. The molecular weight excluding hydrogens is 332 g/mol. The van der Waals surface area contributed by atoms with Crippen LogP contribution in [0, 0.1) is 27.9 Å². The van der Waals surface area contributed by atoms with Gasteiger partial charge < -0.3 is 4.90 Å². The minimum absolute atomic E-state index is 0.198. The average Bonchev–Trinajstić information content (AvgIpc) is 3.08. The molecule has 0 heterocycles. The Labute approximate surface area is 133 Å². The number of fused-ring (bicyclic) bond motifs is 2. The van der Waals surface area contributed by atoms with Crippen molar-refractivity contribution in [2.75, 3.05) is 18.5 Å². The van der Waals surface area contributed by atoms with Crippen LogP contribution < -0.4 is 4.90 Å². The fraction of sp³-hybridized carbons (Fsp3) is 0.625. The first kappa shape index (κ1) is 14.8. The Morgan fingerprint density at radius 3 is 2.76 bits per heavy atom. The molecule has 2 fully saturated rings. The van der Waals surface area contributed by atoms with Crippen molar-refractivity contribution in [1.29, 1.82) is 0 Å². The lowest BCUT2D eigenvalue weighted by Gasteiger charge is -2.28. The van der Waals surface area contributed by atoms with E-state index in [2.05, 4.69) is 27.9 Å². The average molecular weight is 353 g/mol. The summed E-state index contributed by atoms with van der Waals surface area (Å²) in [6.45, 7) is 1.07. The van der Waals surface area contributed by atoms with E-state index in [1.807, 2.05) is 12.1 Å². The van der Waals surface area contributed by atoms with Crippen molar-refractivity contribution in [2.24, 2.45) is 17.8 Å². The molecule has 2 bridgehead atoms. The summed E-state index contributed by atoms with van der Waals surface area (Å²) in [6, 6.07) is 5.45. The Morgan fingerprint density at radius 1 is 1.38 bits per heavy atom. The van der Waals surface area contributed by atoms with Gasteiger partial charge in [-0.25, -0.2) is 0 Å². The maximum absolute atomic E-state index is 11.0. The highest BCUT2D eigenvalue weighted by Crippen LogP contribution is 2.48. The topological polar surface area (TPSA) is 46.4 Å². The number of hydrogen-bond acceptors (Lipinski definition) is 3. The number of halogens is 1. The third-order valence-electron chi connectivity index (χ3n) is 5.24. The molecule has 3 rings (SSSR count). The summed E-state index contributed by atoms with van der Waals surface area (Å²) >= 11 is 3.35. The van der Waals surface area contributed by atoms with Crippen LogP contribution in [-0.2, 0) is 5.33 Å². The second-order valence-electron chi connectivity index (χ2n) is 6.52. The minimum Gasteiger partial charge on any atom is -0.374 e. The highest BCUT2D eigenvalue weighted by Gasteiger charge is 2.39. The van der Waals surface area contributed by atoms with Crippen LogP contribution in [0.1, 0.15) is 31.2 Å². The monoisotopic (exact) mass is 352 g/mol. The van der Waals surface area contributed by atoms with Gasteiger partial charge in [-0.1, -0.05) is 22.4 Å². The maximum Gasteiger partial charge on any atom is 0.273 e. The molecule has 5 heteroatoms. The molecule has 2 aliphatic rings. The molecule has 3 unspecified atom stereocenters. The third-order valence-corrected chi connectivity index (χ3v) is 5.84. The summed E-state index contributed by atoms with van der Waals surface area (Å²) < 4.78 is 0. The second kappa shape index (κ2) is 5.95. The smallest absolute Gasteiger partial charge is 0.273 e. The highest BCUT2D eigenvalue weighted by atomic mass is 79.9. The van der Waals surface area contributed by atoms with Gasteiger partial charge in [-0.3, -0.25) is 10.1 Å². The van der Waals surface area contributed by atoms with Crippen LogP contribution in [0.4, 0.5) is 11.4 Å². The molecule has 0 radical (unpaired) electrons. The summed E-state index contributed by atoms with van der Waals surface area (Å²) in [4.78, 5) is 13.0. The number of alkyl halides is 1. The molecule has 0 saturated heterocycles. The van der Waals surface area contributed by atoms with E-state index in [1.165, 1.54) is 25.7 Å². The van der Waals surface area contributed by atoms with Crippen molar-refractivity contribution >= 4 is 27.3 Å². The first-order chi connectivity index (χ1) is 10.1. The predicted octanol–water partition coefficient (Wildman–Crippen LogP) is 4.36. The molecule has 114 valence electrons. The van der Waals surface area contributed by atoms with Crippen molar-refractivity contribution in [3.63, 3.8) is 0 Å². The van der Waals surface area contributed by atoms with Gasteiger partial charge in [0, 0.05) is 36.2 Å². The van der Waals surface area contributed by atoms with Crippen LogP contribution >= 0.6 is 15.9 Å². The van der Waals surface area contributed by atoms with Crippen LogP contribution in [0.5, 0.6) is 0 Å². The van der Waals surface area contributed by atoms with Crippen molar-refractivity contribution in [3.8, 4) is 0 Å². The number of nitrogens with zero attached hydrogens (tertiary/aromatic N) is 2. The second-order valence-corrected chi connectivity index (χ2v) is 7.08. The molecule has 1 aromatic carbocycles. The summed E-state index contributed by atoms with van der Waals surface area (Å²) in [5.74, 6) is 2.67. The number of nitro groups is 1. The van der Waals surface area contributed by atoms with Crippen molar-refractivity contribution in [2.45, 2.75) is 31.0 Å². The van der Waals surface area contributed by atoms with Gasteiger partial charge in [0.25, 0.3) is 5.69 Å². The highest BCUT2D eigenvalue weighted by molar-refractivity contribution is 9.08. The largest absolute Gasteiger partial charge is 0.374 e. The molecule has 0 spiro atoms. The van der Waals surface area contributed by atoms with E-state index in [0.717, 1.165) is 35.5 Å². The van der Waals surface area contributed by atoms with Crippen LogP contribution in [-0.4, -0.2) is 18.5 Å². The summed E-state index contributed by atoms with van der Waals surface area (Å²) in [7, 11) is 2.10. The number of hydrogen-bond donors (Lipinski definition) is 0. The fourth-order valence-corrected chi connectivity index (χ4v) is 4.60. The van der Waals surface area contributed by atoms with Crippen molar-refractivity contribution < 1.29 is 4.92 Å². The van der Waals surface area contributed by atoms with Crippen LogP contribution in [0.2, 0.25) is 0 Å². The number of anilines is 1. The van der Waals surface area contributed by atoms with Gasteiger partial charge in [0.1, 0.15) is 0 Å². The Bertz CT molecular complexity index is 549. The molecule has 21 heavy (non-hydrogen) atoms. The number of rotatable bonds is 5. The minimum atomic E-state index is -0.309. The van der Waals surface area contributed by atoms with Crippen molar-refractivity contribution in [3.05, 3.63) is 33.9 Å². The van der Waals surface area contributed by atoms with Gasteiger partial charge >= 0.3 is 0 Å². The molecule has 2 aliphatic carbocycles. The van der Waals surface area contributed by atoms with Crippen LogP contribution in [0.15, 0.2) is 18.2 Å². The van der Waals surface area contributed by atoms with Crippen LogP contribution in [0.3, 0.4) is 0 Å². The maximum atomic E-state index is 11.0. The fourth-order valence-electron chi connectivity index (χ4n) is 4.15. The van der Waals surface area contributed by atoms with Crippen LogP contribution in [0.25, 0.3) is 0 Å². The molecule has 0 aromatic heterocycles. The first-order valence-corrected chi connectivity index (χ1v) is 8.75. The van der Waals surface area contributed by atoms with Gasteiger partial charge in [0.2, 0.25) is 0 Å². The summed E-state index contributed by atoms with van der Waals surface area (Å²) in [5, 5.41) is 11.5. The molecule has 4 nitrogen and oxygen atoms in total. The Kier molecular flexibility index (Phi) is 4.20. The zero-order chi connectivity index (χ0) is 15.0. The van der Waals surface area contributed by atoms with Gasteiger partial charge in [0.05, 0.1) is 4.92 Å². The van der Waals surface area contributed by atoms with Gasteiger partial charge in [-0.2, -0.15) is 0 Å². The lowest BCUT2D eigenvalue weighted by Crippen LogP contribution is -2.28.